The van der Waals surface area contributed by atoms with E-state index in [1.807, 2.05) is 48.2 Å². The largest absolute Gasteiger partial charge is 0.384 e. The standard InChI is InChI=1S/C28H27ClN6O/c1-2-24-26(20-9-11-25(30)31-17-20)27(33-18-32-24)19-8-10-22(23(29)16-19)28(36)35-14-12-34(13-15-35)21-6-4-3-5-7-21/h3-11,16-18H,2,12-15H2,1H3,(H2,30,31). The fraction of sp³-hybridized carbons (Fsp3) is 0.214. The van der Waals surface area contributed by atoms with Gasteiger partial charge in [-0.15, -0.1) is 0 Å². The number of benzene rings is 2. The summed E-state index contributed by atoms with van der Waals surface area (Å²) in [5, 5.41) is 0.404. The molecule has 1 aliphatic rings. The van der Waals surface area contributed by atoms with Crippen LogP contribution in [0, 0.1) is 0 Å². The number of carbonyl (C=O) groups is 1. The molecule has 4 aromatic rings. The molecule has 2 N–H and O–H groups in total. The molecule has 7 nitrogen and oxygen atoms in total. The number of nitrogen functional groups attached to an aromatic ring is 1. The number of hydrogen-bond acceptors (Lipinski definition) is 6. The minimum Gasteiger partial charge on any atom is -0.384 e. The van der Waals surface area contributed by atoms with E-state index < -0.39 is 0 Å². The Labute approximate surface area is 215 Å². The number of amides is 1. The molecule has 5 rings (SSSR count). The summed E-state index contributed by atoms with van der Waals surface area (Å²) in [6.07, 6.45) is 4.02. The first kappa shape index (κ1) is 23.8. The number of piperazine rings is 1. The van der Waals surface area contributed by atoms with E-state index in [2.05, 4.69) is 32.0 Å². The van der Waals surface area contributed by atoms with Gasteiger partial charge in [-0.05, 0) is 42.8 Å². The highest BCUT2D eigenvalue weighted by Crippen LogP contribution is 2.34. The topological polar surface area (TPSA) is 88.2 Å². The molecule has 1 amide bonds. The number of para-hydroxylation sites is 1. The van der Waals surface area contributed by atoms with Crippen molar-refractivity contribution in [2.45, 2.75) is 13.3 Å². The van der Waals surface area contributed by atoms with Crippen LogP contribution in [0.5, 0.6) is 0 Å². The van der Waals surface area contributed by atoms with Gasteiger partial charge in [-0.2, -0.15) is 0 Å². The van der Waals surface area contributed by atoms with E-state index in [1.165, 1.54) is 5.69 Å². The second-order valence-corrected chi connectivity index (χ2v) is 9.09. The van der Waals surface area contributed by atoms with Gasteiger partial charge in [0.1, 0.15) is 12.1 Å². The molecular formula is C28H27ClN6O. The van der Waals surface area contributed by atoms with Gasteiger partial charge in [0.05, 0.1) is 22.0 Å². The summed E-state index contributed by atoms with van der Waals surface area (Å²) in [5.41, 5.74) is 11.7. The monoisotopic (exact) mass is 498 g/mol. The third kappa shape index (κ3) is 4.75. The number of nitrogens with two attached hydrogens (primary N) is 1. The van der Waals surface area contributed by atoms with Crippen molar-refractivity contribution in [2.75, 3.05) is 36.8 Å². The number of aromatic nitrogens is 3. The zero-order chi connectivity index (χ0) is 25.1. The van der Waals surface area contributed by atoms with Crippen LogP contribution in [0.2, 0.25) is 5.02 Å². The molecule has 3 heterocycles. The van der Waals surface area contributed by atoms with Crippen molar-refractivity contribution in [3.05, 3.63) is 89.5 Å². The highest BCUT2D eigenvalue weighted by Gasteiger charge is 2.24. The van der Waals surface area contributed by atoms with Gasteiger partial charge in [0.15, 0.2) is 0 Å². The molecule has 2 aromatic carbocycles. The van der Waals surface area contributed by atoms with Gasteiger partial charge >= 0.3 is 0 Å². The summed E-state index contributed by atoms with van der Waals surface area (Å²) >= 11 is 6.68. The van der Waals surface area contributed by atoms with Crippen LogP contribution in [0.15, 0.2) is 73.2 Å². The Morgan fingerprint density at radius 3 is 2.36 bits per heavy atom. The van der Waals surface area contributed by atoms with Gasteiger partial charge < -0.3 is 15.5 Å². The van der Waals surface area contributed by atoms with Crippen molar-refractivity contribution < 1.29 is 4.79 Å². The average molecular weight is 499 g/mol. The molecular weight excluding hydrogens is 472 g/mol. The lowest BCUT2D eigenvalue weighted by molar-refractivity contribution is 0.0747. The molecule has 1 aliphatic heterocycles. The van der Waals surface area contributed by atoms with E-state index in [-0.39, 0.29) is 5.91 Å². The van der Waals surface area contributed by atoms with Crippen molar-refractivity contribution in [3.8, 4) is 22.4 Å². The van der Waals surface area contributed by atoms with E-state index >= 15 is 0 Å². The van der Waals surface area contributed by atoms with Crippen molar-refractivity contribution >= 4 is 29.0 Å². The number of anilines is 2. The molecule has 1 saturated heterocycles. The summed E-state index contributed by atoms with van der Waals surface area (Å²) in [6.45, 7) is 4.90. The highest BCUT2D eigenvalue weighted by molar-refractivity contribution is 6.34. The van der Waals surface area contributed by atoms with E-state index in [0.717, 1.165) is 47.6 Å². The predicted octanol–water partition coefficient (Wildman–Crippen LogP) is 4.97. The Morgan fingerprint density at radius 1 is 0.944 bits per heavy atom. The zero-order valence-corrected chi connectivity index (χ0v) is 20.8. The number of nitrogens with zero attached hydrogens (tertiary/aromatic N) is 5. The Balaban J connectivity index is 1.39. The molecule has 0 aliphatic carbocycles. The van der Waals surface area contributed by atoms with Gasteiger partial charge in [0, 0.05) is 54.8 Å². The number of aryl methyl sites for hydroxylation is 1. The molecule has 2 aromatic heterocycles. The first-order valence-corrected chi connectivity index (χ1v) is 12.4. The first-order chi connectivity index (χ1) is 17.5. The molecule has 8 heteroatoms. The van der Waals surface area contributed by atoms with Gasteiger partial charge in [-0.25, -0.2) is 15.0 Å². The van der Waals surface area contributed by atoms with Crippen LogP contribution in [-0.4, -0.2) is 51.9 Å². The van der Waals surface area contributed by atoms with Crippen LogP contribution in [0.3, 0.4) is 0 Å². The molecule has 0 radical (unpaired) electrons. The normalized spacial score (nSPS) is 13.6. The van der Waals surface area contributed by atoms with Gasteiger partial charge in [0.25, 0.3) is 5.91 Å². The van der Waals surface area contributed by atoms with Crippen LogP contribution < -0.4 is 10.6 Å². The lowest BCUT2D eigenvalue weighted by Crippen LogP contribution is -2.48. The smallest absolute Gasteiger partial charge is 0.255 e. The summed E-state index contributed by atoms with van der Waals surface area (Å²) in [5.74, 6) is 0.393. The fourth-order valence-electron chi connectivity index (χ4n) is 4.58. The van der Waals surface area contributed by atoms with Gasteiger partial charge in [-0.3, -0.25) is 4.79 Å². The molecule has 0 unspecified atom stereocenters. The highest BCUT2D eigenvalue weighted by atomic mass is 35.5. The van der Waals surface area contributed by atoms with Crippen LogP contribution >= 0.6 is 11.6 Å². The van der Waals surface area contributed by atoms with Crippen molar-refractivity contribution in [2.24, 2.45) is 0 Å². The van der Waals surface area contributed by atoms with Crippen LogP contribution in [0.25, 0.3) is 22.4 Å². The zero-order valence-electron chi connectivity index (χ0n) is 20.1. The summed E-state index contributed by atoms with van der Waals surface area (Å²) < 4.78 is 0. The molecule has 0 spiro atoms. The van der Waals surface area contributed by atoms with Crippen molar-refractivity contribution in [3.63, 3.8) is 0 Å². The van der Waals surface area contributed by atoms with Crippen LogP contribution in [0.4, 0.5) is 11.5 Å². The molecule has 182 valence electrons. The van der Waals surface area contributed by atoms with E-state index in [0.29, 0.717) is 29.5 Å². The Kier molecular flexibility index (Phi) is 6.82. The Morgan fingerprint density at radius 2 is 1.69 bits per heavy atom. The van der Waals surface area contributed by atoms with E-state index in [1.54, 1.807) is 24.7 Å². The minimum absolute atomic E-state index is 0.0563. The van der Waals surface area contributed by atoms with Gasteiger partial charge in [-0.1, -0.05) is 42.8 Å². The van der Waals surface area contributed by atoms with Crippen molar-refractivity contribution in [1.82, 2.24) is 19.9 Å². The maximum Gasteiger partial charge on any atom is 0.255 e. The SMILES string of the molecule is CCc1ncnc(-c2ccc(C(=O)N3CCN(c4ccccc4)CC3)c(Cl)c2)c1-c1ccc(N)nc1. The third-order valence-corrected chi connectivity index (χ3v) is 6.81. The number of carbonyl (C=O) groups excluding carboxylic acids is 1. The summed E-state index contributed by atoms with van der Waals surface area (Å²) in [6, 6.07) is 19.4. The molecule has 0 atom stereocenters. The van der Waals surface area contributed by atoms with Gasteiger partial charge in [0.2, 0.25) is 0 Å². The van der Waals surface area contributed by atoms with Crippen LogP contribution in [-0.2, 0) is 6.42 Å². The van der Waals surface area contributed by atoms with E-state index in [9.17, 15) is 4.79 Å². The lowest BCUT2D eigenvalue weighted by atomic mass is 9.97. The summed E-state index contributed by atoms with van der Waals surface area (Å²) in [7, 11) is 0. The second-order valence-electron chi connectivity index (χ2n) is 8.68. The third-order valence-electron chi connectivity index (χ3n) is 6.50. The minimum atomic E-state index is -0.0563. The maximum atomic E-state index is 13.3. The summed E-state index contributed by atoms with van der Waals surface area (Å²) in [4.78, 5) is 30.8. The molecule has 0 bridgehead atoms. The second kappa shape index (κ2) is 10.3. The number of halogens is 1. The lowest BCUT2D eigenvalue weighted by Gasteiger charge is -2.36. The Hall–Kier alpha value is -3.97. The molecule has 1 fully saturated rings. The fourth-order valence-corrected chi connectivity index (χ4v) is 4.84. The number of rotatable bonds is 5. The van der Waals surface area contributed by atoms with E-state index in [4.69, 9.17) is 17.3 Å². The predicted molar refractivity (Wildman–Crippen MR) is 144 cm³/mol. The Bertz CT molecular complexity index is 1370. The quantitative estimate of drug-likeness (QED) is 0.418. The number of hydrogen-bond donors (Lipinski definition) is 1. The molecule has 0 saturated carbocycles. The maximum absolute atomic E-state index is 13.3. The van der Waals surface area contributed by atoms with Crippen molar-refractivity contribution in [1.29, 1.82) is 0 Å². The molecule has 36 heavy (non-hydrogen) atoms. The number of pyridine rings is 1. The first-order valence-electron chi connectivity index (χ1n) is 12.0. The average Bonchev–Trinajstić information content (AvgIpc) is 2.93. The van der Waals surface area contributed by atoms with Crippen LogP contribution in [0.1, 0.15) is 23.0 Å².